The third-order valence-electron chi connectivity index (χ3n) is 4.34. The Morgan fingerprint density at radius 1 is 1.31 bits per heavy atom. The number of rotatable bonds is 4. The number of nitrogens with zero attached hydrogens (tertiary/aromatic N) is 4. The Balaban J connectivity index is 1.97. The monoisotopic (exact) mass is 375 g/mol. The van der Waals surface area contributed by atoms with E-state index in [4.69, 9.17) is 10.5 Å². The highest BCUT2D eigenvalue weighted by molar-refractivity contribution is 7.89. The summed E-state index contributed by atoms with van der Waals surface area (Å²) in [5, 5.41) is 0. The Hall–Kier alpha value is -2.68. The predicted octanol–water partition coefficient (Wildman–Crippen LogP) is 0.881. The summed E-state index contributed by atoms with van der Waals surface area (Å²) in [4.78, 5) is 13.3. The molecule has 3 rings (SSSR count). The van der Waals surface area contributed by atoms with E-state index in [0.717, 1.165) is 15.7 Å². The van der Waals surface area contributed by atoms with E-state index < -0.39 is 15.6 Å². The van der Waals surface area contributed by atoms with Gasteiger partial charge in [-0.05, 0) is 31.2 Å². The Morgan fingerprint density at radius 3 is 2.77 bits per heavy atom. The van der Waals surface area contributed by atoms with Gasteiger partial charge in [0.05, 0.1) is 18.5 Å². The maximum Gasteiger partial charge on any atom is 0.239 e. The van der Waals surface area contributed by atoms with Gasteiger partial charge in [-0.25, -0.2) is 17.7 Å². The van der Waals surface area contributed by atoms with E-state index in [2.05, 4.69) is 15.0 Å². The minimum atomic E-state index is -3.54. The molecule has 0 spiro atoms. The van der Waals surface area contributed by atoms with Gasteiger partial charge < -0.3 is 10.5 Å². The molecule has 9 heteroatoms. The second-order valence-corrected chi connectivity index (χ2v) is 8.31. The topological polar surface area (TPSA) is 111 Å². The van der Waals surface area contributed by atoms with Crippen molar-refractivity contribution >= 4 is 16.0 Å². The predicted molar refractivity (Wildman–Crippen MR) is 98.4 cm³/mol. The van der Waals surface area contributed by atoms with Crippen LogP contribution in [0.4, 0.5) is 0 Å². The fourth-order valence-corrected chi connectivity index (χ4v) is 4.31. The lowest BCUT2D eigenvalue weighted by molar-refractivity contribution is 0.407. The summed E-state index contributed by atoms with van der Waals surface area (Å²) in [6.07, 6.45) is 2.15. The minimum absolute atomic E-state index is 0.0441. The van der Waals surface area contributed by atoms with E-state index in [1.165, 1.54) is 7.05 Å². The molecule has 8 nitrogen and oxygen atoms in total. The van der Waals surface area contributed by atoms with Crippen molar-refractivity contribution in [2.45, 2.75) is 18.9 Å². The van der Waals surface area contributed by atoms with E-state index in [-0.39, 0.29) is 11.7 Å². The van der Waals surface area contributed by atoms with Crippen LogP contribution in [0.1, 0.15) is 24.0 Å². The maximum atomic E-state index is 12.4. The zero-order valence-electron chi connectivity index (χ0n) is 14.9. The van der Waals surface area contributed by atoms with Crippen molar-refractivity contribution in [3.8, 4) is 5.75 Å². The molecule has 2 aromatic heterocycles. The molecule has 0 radical (unpaired) electrons. The van der Waals surface area contributed by atoms with Gasteiger partial charge in [0, 0.05) is 25.4 Å². The lowest BCUT2D eigenvalue weighted by Crippen LogP contribution is -2.50. The number of aliphatic imine (C=N–C) groups is 1. The van der Waals surface area contributed by atoms with Gasteiger partial charge in [-0.1, -0.05) is 6.07 Å². The molecule has 0 aliphatic carbocycles. The zero-order chi connectivity index (χ0) is 18.9. The average molecular weight is 375 g/mol. The summed E-state index contributed by atoms with van der Waals surface area (Å²) in [5.74, 6) is 0.438. The largest absolute Gasteiger partial charge is 0.495 e. The lowest BCUT2D eigenvalue weighted by Gasteiger charge is -2.33. The Morgan fingerprint density at radius 2 is 2.08 bits per heavy atom. The van der Waals surface area contributed by atoms with Crippen LogP contribution in [-0.4, -0.2) is 48.6 Å². The Labute approximate surface area is 152 Å². The first-order chi connectivity index (χ1) is 12.2. The van der Waals surface area contributed by atoms with Gasteiger partial charge in [0.25, 0.3) is 0 Å². The van der Waals surface area contributed by atoms with Gasteiger partial charge in [-0.2, -0.15) is 0 Å². The number of sulfonamides is 1. The summed E-state index contributed by atoms with van der Waals surface area (Å²) < 4.78 is 31.0. The van der Waals surface area contributed by atoms with Gasteiger partial charge >= 0.3 is 0 Å². The summed E-state index contributed by atoms with van der Waals surface area (Å²) in [5.41, 5.74) is 6.81. The molecular weight excluding hydrogens is 354 g/mol. The first-order valence-electron chi connectivity index (χ1n) is 8.01. The van der Waals surface area contributed by atoms with Crippen LogP contribution in [0, 0.1) is 0 Å². The Kier molecular flexibility index (Phi) is 4.57. The lowest BCUT2D eigenvalue weighted by atomic mass is 9.99. The third-order valence-corrected chi connectivity index (χ3v) is 6.29. The van der Waals surface area contributed by atoms with Crippen molar-refractivity contribution in [2.75, 3.05) is 19.9 Å². The number of methoxy groups -OCH3 is 1. The quantitative estimate of drug-likeness (QED) is 0.849. The molecule has 2 aromatic rings. The molecule has 0 bridgehead atoms. The fraction of sp³-hybridized carbons (Fsp3) is 0.353. The molecule has 0 fully saturated rings. The third kappa shape index (κ3) is 3.34. The van der Waals surface area contributed by atoms with Crippen molar-refractivity contribution in [2.24, 2.45) is 10.7 Å². The van der Waals surface area contributed by atoms with Gasteiger partial charge in [-0.3, -0.25) is 9.97 Å². The Bertz CT molecular complexity index is 960. The second-order valence-electron chi connectivity index (χ2n) is 6.31. The number of hydrogen-bond acceptors (Lipinski definition) is 7. The summed E-state index contributed by atoms with van der Waals surface area (Å²) in [6.45, 7) is 1.72. The highest BCUT2D eigenvalue weighted by Crippen LogP contribution is 2.31. The van der Waals surface area contributed by atoms with Crippen molar-refractivity contribution in [3.05, 3.63) is 53.6 Å². The van der Waals surface area contributed by atoms with Crippen LogP contribution in [0.15, 0.2) is 41.5 Å². The van der Waals surface area contributed by atoms with E-state index in [0.29, 0.717) is 17.9 Å². The van der Waals surface area contributed by atoms with Crippen molar-refractivity contribution < 1.29 is 13.2 Å². The summed E-state index contributed by atoms with van der Waals surface area (Å²) >= 11 is 0. The highest BCUT2D eigenvalue weighted by atomic mass is 32.2. The normalized spacial score (nSPS) is 22.0. The minimum Gasteiger partial charge on any atom is -0.495 e. The van der Waals surface area contributed by atoms with Gasteiger partial charge in [-0.15, -0.1) is 0 Å². The SMILES string of the molecule is COc1cccnc1Cc1cccc([C@]2(C)CS(=O)(=O)N(C)C(N)=N2)n1. The van der Waals surface area contributed by atoms with Crippen LogP contribution < -0.4 is 10.5 Å². The van der Waals surface area contributed by atoms with Crippen molar-refractivity contribution in [3.63, 3.8) is 0 Å². The van der Waals surface area contributed by atoms with Crippen LogP contribution in [-0.2, 0) is 22.0 Å². The smallest absolute Gasteiger partial charge is 0.239 e. The fourth-order valence-electron chi connectivity index (χ4n) is 2.87. The zero-order valence-corrected chi connectivity index (χ0v) is 15.7. The molecule has 0 unspecified atom stereocenters. The summed E-state index contributed by atoms with van der Waals surface area (Å²) in [7, 11) is -0.560. The number of hydrogen-bond donors (Lipinski definition) is 1. The molecule has 0 amide bonds. The molecule has 1 aliphatic heterocycles. The molecule has 0 saturated carbocycles. The van der Waals surface area contributed by atoms with Crippen molar-refractivity contribution in [1.82, 2.24) is 14.3 Å². The molecule has 1 atom stereocenters. The average Bonchev–Trinajstić information content (AvgIpc) is 2.60. The number of nitrogens with two attached hydrogens (primary N) is 1. The molecule has 3 heterocycles. The first-order valence-corrected chi connectivity index (χ1v) is 9.62. The number of pyridine rings is 2. The molecule has 138 valence electrons. The number of aromatic nitrogens is 2. The molecule has 0 saturated heterocycles. The van der Waals surface area contributed by atoms with Gasteiger partial charge in [0.15, 0.2) is 0 Å². The summed E-state index contributed by atoms with van der Waals surface area (Å²) in [6, 6.07) is 9.08. The van der Waals surface area contributed by atoms with Crippen LogP contribution in [0.2, 0.25) is 0 Å². The molecule has 26 heavy (non-hydrogen) atoms. The molecule has 1 aliphatic rings. The molecule has 0 aromatic carbocycles. The number of guanidine groups is 1. The van der Waals surface area contributed by atoms with Crippen LogP contribution in [0.3, 0.4) is 0 Å². The molecule has 2 N–H and O–H groups in total. The maximum absolute atomic E-state index is 12.4. The standard InChI is InChI=1S/C17H21N5O3S/c1-17(11-26(23,24)22(2)16(18)21-17)15-8-4-6-12(20-15)10-13-14(25-3)7-5-9-19-13/h4-9H,10-11H2,1-3H3,(H2,18,21)/t17-/m0/s1. The molecular formula is C17H21N5O3S. The second kappa shape index (κ2) is 6.56. The number of ether oxygens (including phenoxy) is 1. The first kappa shape index (κ1) is 18.1. The highest BCUT2D eigenvalue weighted by Gasteiger charge is 2.41. The van der Waals surface area contributed by atoms with Gasteiger partial charge in [0.2, 0.25) is 16.0 Å². The van der Waals surface area contributed by atoms with Crippen LogP contribution >= 0.6 is 0 Å². The van der Waals surface area contributed by atoms with E-state index >= 15 is 0 Å². The van der Waals surface area contributed by atoms with Gasteiger partial charge in [0.1, 0.15) is 17.0 Å². The van der Waals surface area contributed by atoms with E-state index in [1.54, 1.807) is 32.4 Å². The van der Waals surface area contributed by atoms with Crippen molar-refractivity contribution in [1.29, 1.82) is 0 Å². The van der Waals surface area contributed by atoms with Crippen LogP contribution in [0.5, 0.6) is 5.75 Å². The van der Waals surface area contributed by atoms with E-state index in [1.807, 2.05) is 18.2 Å². The van der Waals surface area contributed by atoms with Crippen LogP contribution in [0.25, 0.3) is 0 Å². The van der Waals surface area contributed by atoms with E-state index in [9.17, 15) is 8.42 Å².